The summed E-state index contributed by atoms with van der Waals surface area (Å²) in [4.78, 5) is 4.59. The predicted octanol–water partition coefficient (Wildman–Crippen LogP) is -0.226. The fraction of sp³-hybridized carbons (Fsp3) is 1.00. The number of likely N-dealkylation sites (tertiary alicyclic amines) is 1. The topological polar surface area (TPSA) is 66.6 Å². The van der Waals surface area contributed by atoms with Gasteiger partial charge >= 0.3 is 0 Å². The molecule has 2 saturated heterocycles. The second-order valence-electron chi connectivity index (χ2n) is 6.54. The lowest BCUT2D eigenvalue weighted by Crippen LogP contribution is -2.59. The van der Waals surface area contributed by atoms with Gasteiger partial charge in [0.2, 0.25) is 0 Å². The number of nitrogens with zero attached hydrogens (tertiary/aromatic N) is 2. The standard InChI is InChI=1S/C13H27N3O2S/c1-11-7-16(8-12(11)15(2)3)13(9-14)5-4-6-19(17,18)10-13/h11-12H,4-10,14H2,1-3H3. The fourth-order valence-corrected chi connectivity index (χ4v) is 5.72. The van der Waals surface area contributed by atoms with Crippen LogP contribution in [-0.4, -0.2) is 75.0 Å². The Morgan fingerprint density at radius 1 is 1.37 bits per heavy atom. The van der Waals surface area contributed by atoms with Crippen LogP contribution in [0.2, 0.25) is 0 Å². The van der Waals surface area contributed by atoms with Crippen molar-refractivity contribution in [1.29, 1.82) is 0 Å². The molecule has 2 aliphatic rings. The third kappa shape index (κ3) is 2.96. The summed E-state index contributed by atoms with van der Waals surface area (Å²) in [5.41, 5.74) is 5.66. The minimum Gasteiger partial charge on any atom is -0.329 e. The number of sulfone groups is 1. The molecule has 2 rings (SSSR count). The van der Waals surface area contributed by atoms with Crippen molar-refractivity contribution in [2.24, 2.45) is 11.7 Å². The van der Waals surface area contributed by atoms with Gasteiger partial charge in [-0.1, -0.05) is 6.92 Å². The van der Waals surface area contributed by atoms with E-state index in [0.717, 1.165) is 25.9 Å². The first-order valence-corrected chi connectivity index (χ1v) is 8.94. The van der Waals surface area contributed by atoms with Crippen molar-refractivity contribution in [2.45, 2.75) is 31.3 Å². The summed E-state index contributed by atoms with van der Waals surface area (Å²) in [6, 6.07) is 0.494. The van der Waals surface area contributed by atoms with Crippen LogP contribution in [0.25, 0.3) is 0 Å². The Hall–Kier alpha value is -0.170. The van der Waals surface area contributed by atoms with E-state index in [9.17, 15) is 8.42 Å². The summed E-state index contributed by atoms with van der Waals surface area (Å²) in [7, 11) is 1.26. The van der Waals surface area contributed by atoms with E-state index in [0.29, 0.717) is 24.3 Å². The van der Waals surface area contributed by atoms with Crippen LogP contribution in [0.4, 0.5) is 0 Å². The van der Waals surface area contributed by atoms with Gasteiger partial charge in [-0.15, -0.1) is 0 Å². The molecule has 2 N–H and O–H groups in total. The van der Waals surface area contributed by atoms with Crippen molar-refractivity contribution in [2.75, 3.05) is 45.2 Å². The summed E-state index contributed by atoms with van der Waals surface area (Å²) in [5, 5.41) is 0. The molecule has 0 spiro atoms. The van der Waals surface area contributed by atoms with Crippen LogP contribution in [0.5, 0.6) is 0 Å². The van der Waals surface area contributed by atoms with Crippen molar-refractivity contribution in [3.8, 4) is 0 Å². The van der Waals surface area contributed by atoms with Crippen molar-refractivity contribution < 1.29 is 8.42 Å². The number of hydrogen-bond acceptors (Lipinski definition) is 5. The molecule has 0 aliphatic carbocycles. The van der Waals surface area contributed by atoms with Gasteiger partial charge in [-0.25, -0.2) is 8.42 Å². The summed E-state index contributed by atoms with van der Waals surface area (Å²) in [5.74, 6) is 1.13. The van der Waals surface area contributed by atoms with Crippen molar-refractivity contribution in [3.05, 3.63) is 0 Å². The molecule has 3 atom stereocenters. The first kappa shape index (κ1) is 15.2. The maximum absolute atomic E-state index is 12.0. The maximum Gasteiger partial charge on any atom is 0.152 e. The molecule has 2 aliphatic heterocycles. The molecular weight excluding hydrogens is 262 g/mol. The lowest BCUT2D eigenvalue weighted by atomic mass is 9.93. The molecule has 3 unspecified atom stereocenters. The van der Waals surface area contributed by atoms with E-state index in [1.807, 2.05) is 0 Å². The van der Waals surface area contributed by atoms with Gasteiger partial charge in [-0.05, 0) is 32.9 Å². The largest absolute Gasteiger partial charge is 0.329 e. The van der Waals surface area contributed by atoms with E-state index in [1.165, 1.54) is 0 Å². The second-order valence-corrected chi connectivity index (χ2v) is 8.72. The SMILES string of the molecule is CC1CN(C2(CN)CCCS(=O)(=O)C2)CC1N(C)C. The molecule has 5 nitrogen and oxygen atoms in total. The van der Waals surface area contributed by atoms with Gasteiger partial charge in [0, 0.05) is 31.2 Å². The molecule has 6 heteroatoms. The van der Waals surface area contributed by atoms with Gasteiger partial charge in [0.05, 0.1) is 11.5 Å². The Balaban J connectivity index is 2.19. The Bertz CT molecular complexity index is 424. The summed E-state index contributed by atoms with van der Waals surface area (Å²) in [6.45, 7) is 4.57. The predicted molar refractivity (Wildman–Crippen MR) is 77.9 cm³/mol. The Morgan fingerprint density at radius 3 is 2.53 bits per heavy atom. The summed E-state index contributed by atoms with van der Waals surface area (Å²) >= 11 is 0. The first-order valence-electron chi connectivity index (χ1n) is 7.12. The number of hydrogen-bond donors (Lipinski definition) is 1. The van der Waals surface area contributed by atoms with Crippen LogP contribution in [-0.2, 0) is 9.84 Å². The molecular formula is C13H27N3O2S. The van der Waals surface area contributed by atoms with Crippen LogP contribution < -0.4 is 5.73 Å². The molecule has 2 heterocycles. The van der Waals surface area contributed by atoms with Gasteiger partial charge in [0.1, 0.15) is 0 Å². The van der Waals surface area contributed by atoms with Gasteiger partial charge in [-0.3, -0.25) is 4.90 Å². The Morgan fingerprint density at radius 2 is 2.05 bits per heavy atom. The molecule has 0 aromatic rings. The third-order valence-corrected chi connectivity index (χ3v) is 6.76. The third-order valence-electron chi connectivity index (χ3n) is 4.87. The van der Waals surface area contributed by atoms with E-state index in [4.69, 9.17) is 5.73 Å². The highest BCUT2D eigenvalue weighted by atomic mass is 32.2. The molecule has 0 bridgehead atoms. The summed E-state index contributed by atoms with van der Waals surface area (Å²) in [6.07, 6.45) is 1.66. The van der Waals surface area contributed by atoms with E-state index < -0.39 is 9.84 Å². The number of likely N-dealkylation sites (N-methyl/N-ethyl adjacent to an activating group) is 1. The quantitative estimate of drug-likeness (QED) is 0.778. The van der Waals surface area contributed by atoms with Crippen LogP contribution in [0, 0.1) is 5.92 Å². The average Bonchev–Trinajstić information content (AvgIpc) is 2.70. The van der Waals surface area contributed by atoms with Crippen molar-refractivity contribution >= 4 is 9.84 Å². The highest BCUT2D eigenvalue weighted by Crippen LogP contribution is 2.33. The molecule has 0 aromatic carbocycles. The number of nitrogens with two attached hydrogens (primary N) is 1. The fourth-order valence-electron chi connectivity index (χ4n) is 3.72. The van der Waals surface area contributed by atoms with Gasteiger partial charge in [0.15, 0.2) is 9.84 Å². The van der Waals surface area contributed by atoms with Crippen molar-refractivity contribution in [1.82, 2.24) is 9.80 Å². The van der Waals surface area contributed by atoms with Crippen molar-refractivity contribution in [3.63, 3.8) is 0 Å². The zero-order valence-corrected chi connectivity index (χ0v) is 13.1. The Labute approximate surface area is 117 Å². The molecule has 0 amide bonds. The number of rotatable bonds is 3. The molecule has 0 radical (unpaired) electrons. The van der Waals surface area contributed by atoms with Gasteiger partial charge in [-0.2, -0.15) is 0 Å². The average molecular weight is 289 g/mol. The van der Waals surface area contributed by atoms with E-state index >= 15 is 0 Å². The molecule has 19 heavy (non-hydrogen) atoms. The maximum atomic E-state index is 12.0. The highest BCUT2D eigenvalue weighted by molar-refractivity contribution is 7.91. The van der Waals surface area contributed by atoms with E-state index in [-0.39, 0.29) is 11.3 Å². The van der Waals surface area contributed by atoms with Gasteiger partial charge in [0.25, 0.3) is 0 Å². The second kappa shape index (κ2) is 5.31. The lowest BCUT2D eigenvalue weighted by Gasteiger charge is -2.43. The van der Waals surface area contributed by atoms with Crippen LogP contribution >= 0.6 is 0 Å². The normalized spacial score (nSPS) is 39.8. The molecule has 0 saturated carbocycles. The lowest BCUT2D eigenvalue weighted by molar-refractivity contribution is 0.119. The van der Waals surface area contributed by atoms with Crippen LogP contribution in [0.1, 0.15) is 19.8 Å². The van der Waals surface area contributed by atoms with Gasteiger partial charge < -0.3 is 10.6 Å². The smallest absolute Gasteiger partial charge is 0.152 e. The zero-order chi connectivity index (χ0) is 14.3. The minimum atomic E-state index is -2.93. The monoisotopic (exact) mass is 289 g/mol. The minimum absolute atomic E-state index is 0.239. The summed E-state index contributed by atoms with van der Waals surface area (Å²) < 4.78 is 24.0. The van der Waals surface area contributed by atoms with Crippen LogP contribution in [0.3, 0.4) is 0 Å². The zero-order valence-electron chi connectivity index (χ0n) is 12.3. The van der Waals surface area contributed by atoms with Crippen LogP contribution in [0.15, 0.2) is 0 Å². The van der Waals surface area contributed by atoms with E-state index in [2.05, 4.69) is 30.8 Å². The molecule has 112 valence electrons. The molecule has 2 fully saturated rings. The highest BCUT2D eigenvalue weighted by Gasteiger charge is 2.47. The molecule has 0 aromatic heterocycles. The van der Waals surface area contributed by atoms with E-state index in [1.54, 1.807) is 0 Å². The Kier molecular flexibility index (Phi) is 4.26. The first-order chi connectivity index (χ1) is 8.80.